The molecule has 0 unspecified atom stereocenters. The summed E-state index contributed by atoms with van der Waals surface area (Å²) in [5, 5.41) is 6.43. The summed E-state index contributed by atoms with van der Waals surface area (Å²) in [5.74, 6) is 1.30. The summed E-state index contributed by atoms with van der Waals surface area (Å²) in [4.78, 5) is 15.4. The van der Waals surface area contributed by atoms with Crippen LogP contribution in [0.1, 0.15) is 30.2 Å². The van der Waals surface area contributed by atoms with E-state index in [9.17, 15) is 4.79 Å². The molecule has 0 saturated carbocycles. The molecule has 17 heavy (non-hydrogen) atoms. The molecule has 2 aromatic rings. The highest BCUT2D eigenvalue weighted by Crippen LogP contribution is 2.18. The van der Waals surface area contributed by atoms with Crippen molar-refractivity contribution < 1.29 is 13.9 Å². The smallest absolute Gasteiger partial charge is 0.375 e. The molecule has 0 fully saturated rings. The predicted molar refractivity (Wildman–Crippen MR) is 59.4 cm³/mol. The van der Waals surface area contributed by atoms with Gasteiger partial charge in [-0.15, -0.1) is 5.10 Å². The average molecular weight is 235 g/mol. The fourth-order valence-corrected chi connectivity index (χ4v) is 1.35. The van der Waals surface area contributed by atoms with Gasteiger partial charge in [0.2, 0.25) is 11.6 Å². The molecule has 0 spiro atoms. The summed E-state index contributed by atoms with van der Waals surface area (Å²) in [7, 11) is 0. The Bertz CT molecular complexity index is 516. The summed E-state index contributed by atoms with van der Waals surface area (Å²) in [6.07, 6.45) is 0.801. The van der Waals surface area contributed by atoms with E-state index in [0.717, 1.165) is 12.2 Å². The number of carbonyl (C=O) groups excluding carboxylic acids is 1. The van der Waals surface area contributed by atoms with Gasteiger partial charge in [0.25, 0.3) is 0 Å². The van der Waals surface area contributed by atoms with E-state index >= 15 is 0 Å². The fourth-order valence-electron chi connectivity index (χ4n) is 1.35. The van der Waals surface area contributed by atoms with E-state index in [4.69, 9.17) is 9.15 Å². The Hall–Kier alpha value is -2.11. The van der Waals surface area contributed by atoms with E-state index in [-0.39, 0.29) is 5.82 Å². The number of aryl methyl sites for hydroxylation is 1. The van der Waals surface area contributed by atoms with Gasteiger partial charge in [0, 0.05) is 6.42 Å². The van der Waals surface area contributed by atoms with Gasteiger partial charge in [-0.1, -0.05) is 6.92 Å². The number of hydrogen-bond donors (Lipinski definition) is 1. The normalized spacial score (nSPS) is 10.5. The number of hydrogen-bond acceptors (Lipinski definition) is 5. The molecule has 0 saturated heterocycles. The highest BCUT2D eigenvalue weighted by atomic mass is 16.5. The lowest BCUT2D eigenvalue weighted by Crippen LogP contribution is -2.06. The number of rotatable bonds is 4. The first-order chi connectivity index (χ1) is 8.24. The summed E-state index contributed by atoms with van der Waals surface area (Å²) in [6, 6.07) is 3.63. The van der Waals surface area contributed by atoms with Gasteiger partial charge in [-0.05, 0) is 19.1 Å². The zero-order valence-electron chi connectivity index (χ0n) is 9.69. The van der Waals surface area contributed by atoms with Crippen LogP contribution in [0.15, 0.2) is 16.5 Å². The third-order valence-electron chi connectivity index (χ3n) is 2.18. The first-order valence-corrected chi connectivity index (χ1v) is 5.43. The SMILES string of the molecule is CCOC(=O)c1nc(-c2ccc(CC)o2)n[nH]1. The number of nitrogens with zero attached hydrogens (tertiary/aromatic N) is 2. The molecule has 2 heterocycles. The highest BCUT2D eigenvalue weighted by Gasteiger charge is 2.15. The van der Waals surface area contributed by atoms with E-state index in [1.807, 2.05) is 13.0 Å². The predicted octanol–water partition coefficient (Wildman–Crippen LogP) is 1.80. The Labute approximate surface area is 98.0 Å². The van der Waals surface area contributed by atoms with Gasteiger partial charge in [-0.25, -0.2) is 4.79 Å². The van der Waals surface area contributed by atoms with Crippen molar-refractivity contribution in [1.29, 1.82) is 0 Å². The summed E-state index contributed by atoms with van der Waals surface area (Å²) in [6.45, 7) is 4.02. The van der Waals surface area contributed by atoms with Crippen molar-refractivity contribution in [2.75, 3.05) is 6.61 Å². The number of aromatic nitrogens is 3. The van der Waals surface area contributed by atoms with Gasteiger partial charge in [-0.3, -0.25) is 5.10 Å². The maximum atomic E-state index is 11.4. The minimum atomic E-state index is -0.520. The largest absolute Gasteiger partial charge is 0.460 e. The Morgan fingerprint density at radius 1 is 1.47 bits per heavy atom. The molecule has 1 N–H and O–H groups in total. The summed E-state index contributed by atoms with van der Waals surface area (Å²) in [5.41, 5.74) is 0. The fraction of sp³-hybridized carbons (Fsp3) is 0.364. The number of furan rings is 1. The Kier molecular flexibility index (Phi) is 3.22. The molecule has 2 rings (SSSR count). The van der Waals surface area contributed by atoms with Crippen LogP contribution in [0.5, 0.6) is 0 Å². The molecule has 0 aromatic carbocycles. The number of ether oxygens (including phenoxy) is 1. The van der Waals surface area contributed by atoms with Crippen molar-refractivity contribution in [2.45, 2.75) is 20.3 Å². The van der Waals surface area contributed by atoms with Crippen LogP contribution in [0.3, 0.4) is 0 Å². The third-order valence-corrected chi connectivity index (χ3v) is 2.18. The third kappa shape index (κ3) is 2.35. The molecule has 2 aromatic heterocycles. The molecule has 0 atom stereocenters. The topological polar surface area (TPSA) is 81.0 Å². The van der Waals surface area contributed by atoms with Crippen molar-refractivity contribution in [3.63, 3.8) is 0 Å². The van der Waals surface area contributed by atoms with Crippen molar-refractivity contribution in [3.8, 4) is 11.6 Å². The summed E-state index contributed by atoms with van der Waals surface area (Å²) >= 11 is 0. The minimum Gasteiger partial charge on any atom is -0.460 e. The Morgan fingerprint density at radius 3 is 2.94 bits per heavy atom. The lowest BCUT2D eigenvalue weighted by molar-refractivity contribution is 0.0512. The van der Waals surface area contributed by atoms with Crippen LogP contribution < -0.4 is 0 Å². The monoisotopic (exact) mass is 235 g/mol. The van der Waals surface area contributed by atoms with Crippen molar-refractivity contribution in [2.24, 2.45) is 0 Å². The molecule has 6 heteroatoms. The van der Waals surface area contributed by atoms with Gasteiger partial charge in [-0.2, -0.15) is 4.98 Å². The van der Waals surface area contributed by atoms with E-state index in [1.54, 1.807) is 13.0 Å². The van der Waals surface area contributed by atoms with E-state index in [2.05, 4.69) is 15.2 Å². The maximum Gasteiger partial charge on any atom is 0.375 e. The number of H-pyrrole nitrogens is 1. The van der Waals surface area contributed by atoms with Crippen LogP contribution in [0.4, 0.5) is 0 Å². The van der Waals surface area contributed by atoms with Crippen LogP contribution >= 0.6 is 0 Å². The van der Waals surface area contributed by atoms with Crippen molar-refractivity contribution >= 4 is 5.97 Å². The average Bonchev–Trinajstić information content (AvgIpc) is 2.98. The zero-order chi connectivity index (χ0) is 12.3. The van der Waals surface area contributed by atoms with Gasteiger partial charge in [0.15, 0.2) is 5.76 Å². The number of carbonyl (C=O) groups is 1. The second kappa shape index (κ2) is 4.82. The molecular weight excluding hydrogens is 222 g/mol. The van der Waals surface area contributed by atoms with E-state index in [0.29, 0.717) is 18.2 Å². The molecule has 0 aliphatic heterocycles. The van der Waals surface area contributed by atoms with Gasteiger partial charge < -0.3 is 9.15 Å². The highest BCUT2D eigenvalue weighted by molar-refractivity contribution is 5.85. The number of nitrogens with one attached hydrogen (secondary N) is 1. The molecular formula is C11H13N3O3. The van der Waals surface area contributed by atoms with Crippen LogP contribution in [0.25, 0.3) is 11.6 Å². The first kappa shape index (κ1) is 11.4. The molecule has 0 aliphatic carbocycles. The van der Waals surface area contributed by atoms with Crippen molar-refractivity contribution in [3.05, 3.63) is 23.7 Å². The number of aromatic amines is 1. The second-order valence-electron chi connectivity index (χ2n) is 3.35. The summed E-state index contributed by atoms with van der Waals surface area (Å²) < 4.78 is 10.3. The van der Waals surface area contributed by atoms with Crippen LogP contribution in [-0.2, 0) is 11.2 Å². The van der Waals surface area contributed by atoms with E-state index in [1.165, 1.54) is 0 Å². The molecule has 90 valence electrons. The minimum absolute atomic E-state index is 0.0799. The van der Waals surface area contributed by atoms with Crippen LogP contribution in [0, 0.1) is 0 Å². The lowest BCUT2D eigenvalue weighted by atomic mass is 10.3. The van der Waals surface area contributed by atoms with E-state index < -0.39 is 5.97 Å². The van der Waals surface area contributed by atoms with Crippen LogP contribution in [0.2, 0.25) is 0 Å². The van der Waals surface area contributed by atoms with Gasteiger partial charge in [0.1, 0.15) is 5.76 Å². The first-order valence-electron chi connectivity index (χ1n) is 5.43. The van der Waals surface area contributed by atoms with Gasteiger partial charge in [0.05, 0.1) is 6.61 Å². The van der Waals surface area contributed by atoms with Crippen molar-refractivity contribution in [1.82, 2.24) is 15.2 Å². The zero-order valence-corrected chi connectivity index (χ0v) is 9.69. The van der Waals surface area contributed by atoms with Gasteiger partial charge >= 0.3 is 5.97 Å². The molecule has 0 bridgehead atoms. The number of esters is 1. The molecule has 0 amide bonds. The molecule has 0 aliphatic rings. The Morgan fingerprint density at radius 2 is 2.29 bits per heavy atom. The molecule has 0 radical (unpaired) electrons. The van der Waals surface area contributed by atoms with Crippen LogP contribution in [-0.4, -0.2) is 27.8 Å². The maximum absolute atomic E-state index is 11.4. The molecule has 6 nitrogen and oxygen atoms in total. The Balaban J connectivity index is 2.20. The lowest BCUT2D eigenvalue weighted by Gasteiger charge is -1.94. The quantitative estimate of drug-likeness (QED) is 0.817. The second-order valence-corrected chi connectivity index (χ2v) is 3.35. The standard InChI is InChI=1S/C11H13N3O3/c1-3-7-5-6-8(17-7)9-12-10(14-13-9)11(15)16-4-2/h5-6H,3-4H2,1-2H3,(H,12,13,14).